The fraction of sp³-hybridized carbons (Fsp3) is 0.133. The monoisotopic (exact) mass is 306 g/mol. The molecule has 0 bridgehead atoms. The van der Waals surface area contributed by atoms with Gasteiger partial charge in [-0.05, 0) is 0 Å². The van der Waals surface area contributed by atoms with Gasteiger partial charge < -0.3 is 0 Å². The fourth-order valence-corrected chi connectivity index (χ4v) is 3.55. The summed E-state index contributed by atoms with van der Waals surface area (Å²) in [5.41, 5.74) is 0.684. The molecule has 3 heteroatoms. The third-order valence-corrected chi connectivity index (χ3v) is 4.63. The Balaban J connectivity index is 2.25. The Hall–Kier alpha value is -1.57. The quantitative estimate of drug-likeness (QED) is 0.632. The number of carbonyl (C=O) groups is 1. The van der Waals surface area contributed by atoms with Crippen LogP contribution in [0.4, 0.5) is 0 Å². The van der Waals surface area contributed by atoms with Gasteiger partial charge in [-0.15, -0.1) is 0 Å². The van der Waals surface area contributed by atoms with Crippen molar-refractivity contribution in [3.05, 3.63) is 60.2 Å². The number of carbonyl (C=O) groups excluding carboxylic acids is 1. The van der Waals surface area contributed by atoms with E-state index in [9.17, 15) is 4.79 Å². The standard InChI is InChI=1S/C15H14O2Se/c1-2-17-15(16)13-10-6-7-11-14(13)18-12-8-4-3-5-9-12/h3-11H,2H2,1H3. The van der Waals surface area contributed by atoms with E-state index >= 15 is 0 Å². The second-order valence-electron chi connectivity index (χ2n) is 3.63. The Bertz CT molecular complexity index is 523. The molecule has 0 unspecified atom stereocenters. The minimum absolute atomic E-state index is 0.130. The molecule has 2 aromatic carbocycles. The van der Waals surface area contributed by atoms with E-state index in [1.165, 1.54) is 4.46 Å². The van der Waals surface area contributed by atoms with E-state index in [1.54, 1.807) is 0 Å². The van der Waals surface area contributed by atoms with Gasteiger partial charge in [-0.1, -0.05) is 0 Å². The molecule has 0 spiro atoms. The number of esters is 1. The first kappa shape index (κ1) is 12.9. The topological polar surface area (TPSA) is 26.3 Å². The van der Waals surface area contributed by atoms with Gasteiger partial charge in [-0.25, -0.2) is 0 Å². The summed E-state index contributed by atoms with van der Waals surface area (Å²) in [6.45, 7) is 2.23. The maximum absolute atomic E-state index is 11.8. The third kappa shape index (κ3) is 3.22. The summed E-state index contributed by atoms with van der Waals surface area (Å²) in [5, 5.41) is 0. The molecule has 2 rings (SSSR count). The van der Waals surface area contributed by atoms with Crippen molar-refractivity contribution in [2.24, 2.45) is 0 Å². The number of ether oxygens (including phenoxy) is 1. The molecule has 0 radical (unpaired) electrons. The molecule has 2 aromatic rings. The second-order valence-corrected chi connectivity index (χ2v) is 5.97. The average Bonchev–Trinajstić information content (AvgIpc) is 2.41. The van der Waals surface area contributed by atoms with Gasteiger partial charge in [0.05, 0.1) is 0 Å². The molecular weight excluding hydrogens is 291 g/mol. The van der Waals surface area contributed by atoms with Crippen LogP contribution >= 0.6 is 0 Å². The molecule has 0 atom stereocenters. The van der Waals surface area contributed by atoms with Gasteiger partial charge in [0.15, 0.2) is 0 Å². The van der Waals surface area contributed by atoms with Gasteiger partial charge in [-0.2, -0.15) is 0 Å². The summed E-state index contributed by atoms with van der Waals surface area (Å²) in [4.78, 5) is 11.8. The molecule has 0 heterocycles. The molecule has 92 valence electrons. The average molecular weight is 305 g/mol. The summed E-state index contributed by atoms with van der Waals surface area (Å²) in [5.74, 6) is -0.231. The first-order chi connectivity index (χ1) is 8.81. The van der Waals surface area contributed by atoms with Crippen LogP contribution in [0.3, 0.4) is 0 Å². The normalized spacial score (nSPS) is 10.1. The van der Waals surface area contributed by atoms with Crippen molar-refractivity contribution in [1.29, 1.82) is 0 Å². The van der Waals surface area contributed by atoms with Crippen molar-refractivity contribution in [1.82, 2.24) is 0 Å². The van der Waals surface area contributed by atoms with Crippen molar-refractivity contribution >= 4 is 29.8 Å². The summed E-state index contributed by atoms with van der Waals surface area (Å²) in [7, 11) is 0. The molecule has 0 fully saturated rings. The van der Waals surface area contributed by atoms with Crippen LogP contribution in [0.1, 0.15) is 17.3 Å². The van der Waals surface area contributed by atoms with Crippen molar-refractivity contribution in [2.75, 3.05) is 6.61 Å². The summed E-state index contributed by atoms with van der Waals surface area (Å²) < 4.78 is 7.39. The molecule has 0 saturated heterocycles. The van der Waals surface area contributed by atoms with Crippen LogP contribution in [-0.4, -0.2) is 27.5 Å². The Morgan fingerprint density at radius 2 is 1.72 bits per heavy atom. The van der Waals surface area contributed by atoms with E-state index in [-0.39, 0.29) is 20.9 Å². The second kappa shape index (κ2) is 6.39. The number of hydrogen-bond donors (Lipinski definition) is 0. The molecule has 0 saturated carbocycles. The molecule has 2 nitrogen and oxygen atoms in total. The minimum atomic E-state index is -0.231. The Kier molecular flexibility index (Phi) is 4.57. The Morgan fingerprint density at radius 3 is 2.44 bits per heavy atom. The summed E-state index contributed by atoms with van der Waals surface area (Å²) in [6, 6.07) is 17.9. The summed E-state index contributed by atoms with van der Waals surface area (Å²) >= 11 is 0.130. The first-order valence-corrected chi connectivity index (χ1v) is 7.51. The Labute approximate surface area is 113 Å². The molecule has 0 aliphatic heterocycles. The van der Waals surface area contributed by atoms with Crippen molar-refractivity contribution < 1.29 is 9.53 Å². The SMILES string of the molecule is CCOC(=O)c1ccccc1[Se]c1ccccc1. The molecule has 0 aliphatic carbocycles. The number of benzene rings is 2. The van der Waals surface area contributed by atoms with Crippen LogP contribution in [0.5, 0.6) is 0 Å². The van der Waals surface area contributed by atoms with Gasteiger partial charge in [0.25, 0.3) is 0 Å². The van der Waals surface area contributed by atoms with Crippen LogP contribution in [0.2, 0.25) is 0 Å². The molecule has 0 aromatic heterocycles. The van der Waals surface area contributed by atoms with Gasteiger partial charge in [0, 0.05) is 0 Å². The molecule has 0 aliphatic rings. The van der Waals surface area contributed by atoms with Crippen LogP contribution in [-0.2, 0) is 4.74 Å². The van der Waals surface area contributed by atoms with Crippen LogP contribution in [0.25, 0.3) is 0 Å². The predicted octanol–water partition coefficient (Wildman–Crippen LogP) is 1.52. The van der Waals surface area contributed by atoms with Crippen LogP contribution in [0, 0.1) is 0 Å². The van der Waals surface area contributed by atoms with Gasteiger partial charge in [0.2, 0.25) is 0 Å². The molecule has 0 amide bonds. The predicted molar refractivity (Wildman–Crippen MR) is 73.9 cm³/mol. The van der Waals surface area contributed by atoms with E-state index in [4.69, 9.17) is 4.74 Å². The van der Waals surface area contributed by atoms with Gasteiger partial charge in [0.1, 0.15) is 0 Å². The van der Waals surface area contributed by atoms with Gasteiger partial charge in [-0.3, -0.25) is 0 Å². The van der Waals surface area contributed by atoms with Crippen molar-refractivity contribution in [3.8, 4) is 0 Å². The van der Waals surface area contributed by atoms with E-state index in [0.29, 0.717) is 12.2 Å². The number of rotatable bonds is 4. The van der Waals surface area contributed by atoms with E-state index in [2.05, 4.69) is 12.1 Å². The third-order valence-electron chi connectivity index (χ3n) is 2.35. The van der Waals surface area contributed by atoms with Crippen LogP contribution < -0.4 is 8.92 Å². The van der Waals surface area contributed by atoms with Crippen molar-refractivity contribution in [2.45, 2.75) is 6.92 Å². The zero-order valence-electron chi connectivity index (χ0n) is 10.1. The van der Waals surface area contributed by atoms with E-state index in [1.807, 2.05) is 49.4 Å². The summed E-state index contributed by atoms with van der Waals surface area (Å²) in [6.07, 6.45) is 0. The molecular formula is C15H14O2Se. The fourth-order valence-electron chi connectivity index (χ4n) is 1.55. The van der Waals surface area contributed by atoms with Crippen LogP contribution in [0.15, 0.2) is 54.6 Å². The van der Waals surface area contributed by atoms with Crippen molar-refractivity contribution in [3.63, 3.8) is 0 Å². The van der Waals surface area contributed by atoms with E-state index in [0.717, 1.165) is 4.46 Å². The molecule has 0 N–H and O–H groups in total. The zero-order chi connectivity index (χ0) is 12.8. The number of hydrogen-bond acceptors (Lipinski definition) is 2. The Morgan fingerprint density at radius 1 is 1.06 bits per heavy atom. The van der Waals surface area contributed by atoms with Gasteiger partial charge >= 0.3 is 113 Å². The van der Waals surface area contributed by atoms with E-state index < -0.39 is 0 Å². The zero-order valence-corrected chi connectivity index (χ0v) is 11.8. The maximum atomic E-state index is 11.8. The first-order valence-electron chi connectivity index (χ1n) is 5.80. The molecule has 18 heavy (non-hydrogen) atoms.